The van der Waals surface area contributed by atoms with Crippen LogP contribution in [0.5, 0.6) is 0 Å². The van der Waals surface area contributed by atoms with E-state index in [-0.39, 0.29) is 6.03 Å². The van der Waals surface area contributed by atoms with Crippen molar-refractivity contribution in [2.24, 2.45) is 5.73 Å². The molecule has 3 rings (SSSR count). The second kappa shape index (κ2) is 9.11. The number of amides is 2. The second-order valence-electron chi connectivity index (χ2n) is 7.32. The standard InChI is InChI=1S/C24H28N3OP/c1-4-18-6-7-20-14-27(15-21(20)13-18)24(28)26-17(3)23(25)12-5-16(2)19-8-10-22(29)11-9-19/h5-13H,3-4,14-15,25,29H2,1-2H3,(H,26,28)/b16-5+,23-12+. The highest BCUT2D eigenvalue weighted by molar-refractivity contribution is 7.27. The summed E-state index contributed by atoms with van der Waals surface area (Å²) in [6.45, 7) is 9.29. The highest BCUT2D eigenvalue weighted by Crippen LogP contribution is 2.24. The summed E-state index contributed by atoms with van der Waals surface area (Å²) in [4.78, 5) is 14.4. The summed E-state index contributed by atoms with van der Waals surface area (Å²) in [7, 11) is 2.67. The molecule has 4 nitrogen and oxygen atoms in total. The summed E-state index contributed by atoms with van der Waals surface area (Å²) in [6.07, 6.45) is 4.70. The maximum atomic E-state index is 12.6. The molecule has 2 amide bonds. The summed E-state index contributed by atoms with van der Waals surface area (Å²) >= 11 is 0. The summed E-state index contributed by atoms with van der Waals surface area (Å²) in [5.41, 5.74) is 12.9. The lowest BCUT2D eigenvalue weighted by molar-refractivity contribution is 0.201. The van der Waals surface area contributed by atoms with E-state index in [9.17, 15) is 4.79 Å². The van der Waals surface area contributed by atoms with Crippen LogP contribution in [0.1, 0.15) is 36.1 Å². The third kappa shape index (κ3) is 5.16. The number of nitrogens with zero attached hydrogens (tertiary/aromatic N) is 1. The Balaban J connectivity index is 1.60. The van der Waals surface area contributed by atoms with Gasteiger partial charge in [-0.05, 0) is 52.6 Å². The van der Waals surface area contributed by atoms with Gasteiger partial charge in [-0.2, -0.15) is 0 Å². The summed E-state index contributed by atoms with van der Waals surface area (Å²) in [5, 5.41) is 3.96. The lowest BCUT2D eigenvalue weighted by atomic mass is 10.1. The molecule has 1 atom stereocenters. The predicted octanol–water partition coefficient (Wildman–Crippen LogP) is 4.23. The van der Waals surface area contributed by atoms with Gasteiger partial charge < -0.3 is 16.0 Å². The molecular formula is C24H28N3OP. The third-order valence-corrected chi connectivity index (χ3v) is 5.56. The van der Waals surface area contributed by atoms with Crippen LogP contribution in [0, 0.1) is 0 Å². The fourth-order valence-corrected chi connectivity index (χ4v) is 3.44. The van der Waals surface area contributed by atoms with Crippen molar-refractivity contribution in [1.29, 1.82) is 0 Å². The zero-order valence-corrected chi connectivity index (χ0v) is 18.2. The van der Waals surface area contributed by atoms with Crippen LogP contribution in [0.4, 0.5) is 4.79 Å². The van der Waals surface area contributed by atoms with Crippen LogP contribution in [0.15, 0.2) is 72.6 Å². The van der Waals surface area contributed by atoms with Crippen molar-refractivity contribution in [2.45, 2.75) is 33.4 Å². The molecule has 0 fully saturated rings. The molecule has 0 spiro atoms. The fraction of sp³-hybridized carbons (Fsp3) is 0.208. The van der Waals surface area contributed by atoms with Gasteiger partial charge in [-0.3, -0.25) is 0 Å². The number of hydrogen-bond donors (Lipinski definition) is 2. The molecule has 2 aromatic rings. The number of nitrogens with two attached hydrogens (primary N) is 1. The number of urea groups is 1. The first-order chi connectivity index (χ1) is 13.9. The number of hydrogen-bond acceptors (Lipinski definition) is 2. The summed E-state index contributed by atoms with van der Waals surface area (Å²) in [5.74, 6) is 0. The highest BCUT2D eigenvalue weighted by Gasteiger charge is 2.23. The van der Waals surface area contributed by atoms with Crippen molar-refractivity contribution < 1.29 is 4.79 Å². The van der Waals surface area contributed by atoms with Gasteiger partial charge in [-0.25, -0.2) is 4.79 Å². The molecule has 1 aliphatic rings. The number of nitrogens with one attached hydrogen (secondary N) is 1. The van der Waals surface area contributed by atoms with Crippen LogP contribution >= 0.6 is 9.24 Å². The Labute approximate surface area is 175 Å². The van der Waals surface area contributed by atoms with E-state index in [2.05, 4.69) is 58.4 Å². The molecule has 29 heavy (non-hydrogen) atoms. The lowest BCUT2D eigenvalue weighted by Crippen LogP contribution is -2.36. The molecule has 0 saturated heterocycles. The number of aryl methyl sites for hydroxylation is 1. The zero-order chi connectivity index (χ0) is 21.0. The molecule has 0 aromatic heterocycles. The number of benzene rings is 2. The zero-order valence-electron chi connectivity index (χ0n) is 17.0. The van der Waals surface area contributed by atoms with Gasteiger partial charge in [0.15, 0.2) is 0 Å². The molecule has 0 saturated carbocycles. The van der Waals surface area contributed by atoms with Crippen LogP contribution in [-0.4, -0.2) is 10.9 Å². The average Bonchev–Trinajstić information content (AvgIpc) is 3.15. The van der Waals surface area contributed by atoms with Gasteiger partial charge in [0.25, 0.3) is 0 Å². The quantitative estimate of drug-likeness (QED) is 0.578. The van der Waals surface area contributed by atoms with Gasteiger partial charge in [0, 0.05) is 13.1 Å². The van der Waals surface area contributed by atoms with Gasteiger partial charge in [-0.1, -0.05) is 62.0 Å². The molecule has 150 valence electrons. The van der Waals surface area contributed by atoms with Crippen LogP contribution in [0.25, 0.3) is 5.57 Å². The van der Waals surface area contributed by atoms with Gasteiger partial charge in [-0.15, -0.1) is 9.24 Å². The lowest BCUT2D eigenvalue weighted by Gasteiger charge is -2.17. The topological polar surface area (TPSA) is 58.4 Å². The van der Waals surface area contributed by atoms with E-state index in [1.165, 1.54) is 16.7 Å². The summed E-state index contributed by atoms with van der Waals surface area (Å²) in [6, 6.07) is 14.4. The second-order valence-corrected chi connectivity index (χ2v) is 7.98. The molecular weight excluding hydrogens is 377 g/mol. The van der Waals surface area contributed by atoms with Crippen LogP contribution in [0.3, 0.4) is 0 Å². The minimum absolute atomic E-state index is 0.183. The average molecular weight is 405 g/mol. The van der Waals surface area contributed by atoms with Crippen molar-refractivity contribution in [3.05, 3.63) is 94.8 Å². The molecule has 5 heteroatoms. The Morgan fingerprint density at radius 3 is 2.55 bits per heavy atom. The Morgan fingerprint density at radius 1 is 1.17 bits per heavy atom. The van der Waals surface area contributed by atoms with Crippen molar-refractivity contribution in [3.8, 4) is 0 Å². The molecule has 0 radical (unpaired) electrons. The van der Waals surface area contributed by atoms with Crippen molar-refractivity contribution >= 4 is 26.1 Å². The first-order valence-electron chi connectivity index (χ1n) is 9.73. The van der Waals surface area contributed by atoms with E-state index in [0.717, 1.165) is 22.9 Å². The predicted molar refractivity (Wildman–Crippen MR) is 124 cm³/mol. The Kier molecular flexibility index (Phi) is 6.56. The normalized spacial score (nSPS) is 14.0. The third-order valence-electron chi connectivity index (χ3n) is 5.17. The molecule has 1 heterocycles. The largest absolute Gasteiger partial charge is 0.397 e. The number of fused-ring (bicyclic) bond motifs is 1. The molecule has 3 N–H and O–H groups in total. The fourth-order valence-electron chi connectivity index (χ4n) is 3.25. The van der Waals surface area contributed by atoms with E-state index in [1.54, 1.807) is 11.0 Å². The van der Waals surface area contributed by atoms with E-state index in [1.807, 2.05) is 25.1 Å². The van der Waals surface area contributed by atoms with E-state index < -0.39 is 0 Å². The Bertz CT molecular complexity index is 990. The van der Waals surface area contributed by atoms with Crippen LogP contribution in [0.2, 0.25) is 0 Å². The Hall–Kier alpha value is -2.84. The number of carbonyl (C=O) groups excluding carboxylic acids is 1. The van der Waals surface area contributed by atoms with E-state index in [4.69, 9.17) is 5.73 Å². The minimum atomic E-state index is -0.183. The molecule has 2 aromatic carbocycles. The number of rotatable bonds is 5. The number of carbonyl (C=O) groups is 1. The van der Waals surface area contributed by atoms with Crippen LogP contribution in [-0.2, 0) is 19.5 Å². The highest BCUT2D eigenvalue weighted by atomic mass is 31.0. The molecule has 0 bridgehead atoms. The smallest absolute Gasteiger partial charge is 0.322 e. The van der Waals surface area contributed by atoms with Gasteiger partial charge >= 0.3 is 6.03 Å². The van der Waals surface area contributed by atoms with Crippen molar-refractivity contribution in [2.75, 3.05) is 0 Å². The van der Waals surface area contributed by atoms with Gasteiger partial charge in [0.2, 0.25) is 0 Å². The van der Waals surface area contributed by atoms with Gasteiger partial charge in [0.1, 0.15) is 0 Å². The molecule has 1 aliphatic heterocycles. The molecule has 1 unspecified atom stereocenters. The minimum Gasteiger partial charge on any atom is -0.397 e. The maximum Gasteiger partial charge on any atom is 0.322 e. The van der Waals surface area contributed by atoms with E-state index >= 15 is 0 Å². The van der Waals surface area contributed by atoms with Crippen molar-refractivity contribution in [3.63, 3.8) is 0 Å². The number of allylic oxidation sites excluding steroid dienone is 3. The molecule has 0 aliphatic carbocycles. The maximum absolute atomic E-state index is 12.6. The summed E-state index contributed by atoms with van der Waals surface area (Å²) < 4.78 is 0. The monoisotopic (exact) mass is 405 g/mol. The first-order valence-corrected chi connectivity index (χ1v) is 10.3. The first kappa shape index (κ1) is 20.9. The van der Waals surface area contributed by atoms with Gasteiger partial charge in [0.05, 0.1) is 11.4 Å². The Morgan fingerprint density at radius 2 is 1.86 bits per heavy atom. The van der Waals surface area contributed by atoms with Crippen LogP contribution < -0.4 is 16.4 Å². The van der Waals surface area contributed by atoms with E-state index in [0.29, 0.717) is 24.5 Å². The SMILES string of the molecule is C=C(NC(=O)N1Cc2ccc(CC)cc2C1)/C(N)=C\C=C(/C)c1ccc(P)cc1. The van der Waals surface area contributed by atoms with Crippen molar-refractivity contribution in [1.82, 2.24) is 10.2 Å².